The smallest absolute Gasteiger partial charge is 0.244 e. The second kappa shape index (κ2) is 13.4. The first-order chi connectivity index (χ1) is 18.3. The average molecular weight is 517 g/mol. The molecule has 0 radical (unpaired) electrons. The van der Waals surface area contributed by atoms with Crippen LogP contribution in [0, 0.1) is 0 Å². The van der Waals surface area contributed by atoms with E-state index in [-0.39, 0.29) is 30.6 Å². The van der Waals surface area contributed by atoms with Crippen molar-refractivity contribution in [3.63, 3.8) is 0 Å². The van der Waals surface area contributed by atoms with E-state index in [4.69, 9.17) is 17.2 Å². The fraction of sp³-hybridized carbons (Fsp3) is 0.214. The van der Waals surface area contributed by atoms with Gasteiger partial charge in [-0.1, -0.05) is 72.8 Å². The summed E-state index contributed by atoms with van der Waals surface area (Å²) in [7, 11) is 0. The number of nitrogens with two attached hydrogens (primary N) is 3. The summed E-state index contributed by atoms with van der Waals surface area (Å²) in [6.07, 6.45) is 0.587. The number of aliphatic imine (C=N–C) groups is 1. The third-order valence-corrected chi connectivity index (χ3v) is 5.90. The minimum Gasteiger partial charge on any atom is -0.508 e. The number of carbonyl (C=O) groups is 3. The van der Waals surface area contributed by atoms with E-state index in [1.54, 1.807) is 0 Å². The lowest BCUT2D eigenvalue weighted by Gasteiger charge is -2.25. The molecule has 0 aromatic heterocycles. The van der Waals surface area contributed by atoms with Gasteiger partial charge < -0.3 is 32.9 Å². The van der Waals surface area contributed by atoms with Crippen LogP contribution in [0.4, 0.5) is 0 Å². The van der Waals surface area contributed by atoms with Crippen molar-refractivity contribution in [1.82, 2.24) is 10.6 Å². The molecule has 0 saturated heterocycles. The number of guanidine groups is 1. The van der Waals surface area contributed by atoms with Crippen molar-refractivity contribution in [2.75, 3.05) is 6.54 Å². The summed E-state index contributed by atoms with van der Waals surface area (Å²) < 4.78 is 0. The summed E-state index contributed by atoms with van der Waals surface area (Å²) >= 11 is 0. The molecule has 0 bridgehead atoms. The molecule has 3 aromatic carbocycles. The summed E-state index contributed by atoms with van der Waals surface area (Å²) in [6, 6.07) is 22.0. The van der Waals surface area contributed by atoms with Gasteiger partial charge in [0.25, 0.3) is 0 Å². The molecule has 0 saturated carbocycles. The number of aromatic hydroxyl groups is 1. The van der Waals surface area contributed by atoms with Crippen LogP contribution in [-0.4, -0.2) is 41.4 Å². The Labute approximate surface area is 220 Å². The minimum absolute atomic E-state index is 0.000957. The number of nitrogens with zero attached hydrogens (tertiary/aromatic N) is 1. The Bertz CT molecular complexity index is 1210. The number of nitrogens with one attached hydrogen (secondary N) is 2. The van der Waals surface area contributed by atoms with Gasteiger partial charge in [0.1, 0.15) is 17.8 Å². The fourth-order valence-electron chi connectivity index (χ4n) is 4.04. The third kappa shape index (κ3) is 7.82. The molecule has 0 unspecified atom stereocenters. The third-order valence-electron chi connectivity index (χ3n) is 5.90. The van der Waals surface area contributed by atoms with E-state index in [0.717, 1.165) is 11.1 Å². The summed E-state index contributed by atoms with van der Waals surface area (Å²) in [5.74, 6) is -2.52. The molecule has 0 aliphatic carbocycles. The van der Waals surface area contributed by atoms with Crippen molar-refractivity contribution < 1.29 is 19.5 Å². The largest absolute Gasteiger partial charge is 0.508 e. The maximum Gasteiger partial charge on any atom is 0.244 e. The highest BCUT2D eigenvalue weighted by Crippen LogP contribution is 2.25. The summed E-state index contributed by atoms with van der Waals surface area (Å²) in [6.45, 7) is 0.250. The van der Waals surface area contributed by atoms with Crippen molar-refractivity contribution in [2.45, 2.75) is 30.8 Å². The van der Waals surface area contributed by atoms with Gasteiger partial charge >= 0.3 is 0 Å². The summed E-state index contributed by atoms with van der Waals surface area (Å²) in [5.41, 5.74) is 18.3. The lowest BCUT2D eigenvalue weighted by atomic mass is 9.90. The van der Waals surface area contributed by atoms with E-state index in [9.17, 15) is 19.5 Å². The van der Waals surface area contributed by atoms with Crippen LogP contribution in [0.3, 0.4) is 0 Å². The van der Waals surface area contributed by atoms with Gasteiger partial charge in [-0.2, -0.15) is 0 Å². The van der Waals surface area contributed by atoms with Gasteiger partial charge in [-0.3, -0.25) is 19.4 Å². The van der Waals surface area contributed by atoms with E-state index in [1.807, 2.05) is 60.7 Å². The predicted molar refractivity (Wildman–Crippen MR) is 145 cm³/mol. The first-order valence-corrected chi connectivity index (χ1v) is 12.1. The van der Waals surface area contributed by atoms with Crippen molar-refractivity contribution in [3.8, 4) is 5.75 Å². The van der Waals surface area contributed by atoms with Crippen LogP contribution in [-0.2, 0) is 14.4 Å². The molecule has 3 aromatic rings. The van der Waals surface area contributed by atoms with E-state index >= 15 is 0 Å². The Kier molecular flexibility index (Phi) is 9.81. The fourth-order valence-corrected chi connectivity index (χ4v) is 4.04. The highest BCUT2D eigenvalue weighted by molar-refractivity contribution is 5.94. The zero-order valence-corrected chi connectivity index (χ0v) is 20.8. The van der Waals surface area contributed by atoms with E-state index < -0.39 is 29.8 Å². The molecule has 0 heterocycles. The van der Waals surface area contributed by atoms with Gasteiger partial charge in [-0.05, 0) is 41.7 Å². The van der Waals surface area contributed by atoms with Crippen LogP contribution in [0.5, 0.6) is 5.75 Å². The number of hydrogen-bond donors (Lipinski definition) is 6. The molecular weight excluding hydrogens is 484 g/mol. The molecule has 0 fully saturated rings. The maximum atomic E-state index is 13.6. The Hall–Kier alpha value is -4.86. The van der Waals surface area contributed by atoms with Gasteiger partial charge in [0.05, 0.1) is 5.92 Å². The molecule has 198 valence electrons. The monoisotopic (exact) mass is 516 g/mol. The van der Waals surface area contributed by atoms with Crippen LogP contribution in [0.1, 0.15) is 41.5 Å². The molecule has 3 rings (SSSR count). The predicted octanol–water partition coefficient (Wildman–Crippen LogP) is 1.41. The number of primary amides is 1. The number of phenolic OH excluding ortho intramolecular Hbond substituents is 1. The number of carbonyl (C=O) groups excluding carboxylic acids is 3. The van der Waals surface area contributed by atoms with Crippen molar-refractivity contribution in [3.05, 3.63) is 102 Å². The molecule has 0 aliphatic rings. The molecule has 10 nitrogen and oxygen atoms in total. The molecule has 2 atom stereocenters. The van der Waals surface area contributed by atoms with Gasteiger partial charge in [0.2, 0.25) is 17.7 Å². The molecule has 0 spiro atoms. The van der Waals surface area contributed by atoms with Crippen LogP contribution in [0.25, 0.3) is 0 Å². The van der Waals surface area contributed by atoms with Gasteiger partial charge in [0.15, 0.2) is 5.96 Å². The molecule has 3 amide bonds. The minimum atomic E-state index is -1.17. The highest BCUT2D eigenvalue weighted by Gasteiger charge is 2.30. The SMILES string of the molecule is NC(=O)[C@@H](NC(=O)[C@@H](CCCN=C(N)N)NC(=O)C(c1ccccc1)c1ccccc1)c1ccc(O)cc1. The average Bonchev–Trinajstić information content (AvgIpc) is 2.90. The normalized spacial score (nSPS) is 12.2. The second-order valence-electron chi connectivity index (χ2n) is 8.70. The molecule has 9 N–H and O–H groups in total. The first kappa shape index (κ1) is 27.7. The lowest BCUT2D eigenvalue weighted by molar-refractivity contribution is -0.131. The van der Waals surface area contributed by atoms with Crippen LogP contribution in [0.2, 0.25) is 0 Å². The Balaban J connectivity index is 1.86. The van der Waals surface area contributed by atoms with Gasteiger partial charge in [0, 0.05) is 6.54 Å². The quantitative estimate of drug-likeness (QED) is 0.120. The Morgan fingerprint density at radius 3 is 1.79 bits per heavy atom. The van der Waals surface area contributed by atoms with Gasteiger partial charge in [-0.25, -0.2) is 0 Å². The second-order valence-corrected chi connectivity index (χ2v) is 8.70. The molecule has 10 heteroatoms. The first-order valence-electron chi connectivity index (χ1n) is 12.1. The Morgan fingerprint density at radius 2 is 1.29 bits per heavy atom. The van der Waals surface area contributed by atoms with Crippen molar-refractivity contribution in [2.24, 2.45) is 22.2 Å². The van der Waals surface area contributed by atoms with Gasteiger partial charge in [-0.15, -0.1) is 0 Å². The van der Waals surface area contributed by atoms with Crippen LogP contribution < -0.4 is 27.8 Å². The number of rotatable bonds is 12. The summed E-state index contributed by atoms with van der Waals surface area (Å²) in [5, 5.41) is 15.0. The zero-order chi connectivity index (χ0) is 27.5. The van der Waals surface area contributed by atoms with E-state index in [2.05, 4.69) is 15.6 Å². The number of amides is 3. The number of phenols is 1. The maximum absolute atomic E-state index is 13.6. The zero-order valence-electron chi connectivity index (χ0n) is 20.8. The standard InChI is InChI=1S/C28H32N6O4/c29-25(36)24(20-13-15-21(35)16-14-20)34-26(37)22(12-7-17-32-28(30)31)33-27(38)23(18-8-3-1-4-9-18)19-10-5-2-6-11-19/h1-6,8-11,13-16,22-24,35H,7,12,17H2,(H2,29,36)(H,33,38)(H,34,37)(H4,30,31,32)/t22-,24+/m1/s1. The van der Waals surface area contributed by atoms with Crippen molar-refractivity contribution >= 4 is 23.7 Å². The number of hydrogen-bond acceptors (Lipinski definition) is 5. The lowest BCUT2D eigenvalue weighted by Crippen LogP contribution is -2.50. The van der Waals surface area contributed by atoms with Crippen molar-refractivity contribution in [1.29, 1.82) is 0 Å². The van der Waals surface area contributed by atoms with E-state index in [0.29, 0.717) is 12.0 Å². The highest BCUT2D eigenvalue weighted by atomic mass is 16.3. The Morgan fingerprint density at radius 1 is 0.737 bits per heavy atom. The molecule has 38 heavy (non-hydrogen) atoms. The van der Waals surface area contributed by atoms with E-state index in [1.165, 1.54) is 24.3 Å². The van der Waals surface area contributed by atoms with Crippen LogP contribution >= 0.6 is 0 Å². The van der Waals surface area contributed by atoms with Crippen LogP contribution in [0.15, 0.2) is 89.9 Å². The molecular formula is C28H32N6O4. The molecule has 0 aliphatic heterocycles. The number of benzene rings is 3. The summed E-state index contributed by atoms with van der Waals surface area (Å²) in [4.78, 5) is 43.2. The topological polar surface area (TPSA) is 186 Å².